The molecule has 0 fully saturated rings. The predicted molar refractivity (Wildman–Crippen MR) is 66.5 cm³/mol. The van der Waals surface area contributed by atoms with E-state index in [4.69, 9.17) is 0 Å². The molecule has 0 unspecified atom stereocenters. The van der Waals surface area contributed by atoms with E-state index in [1.54, 1.807) is 0 Å². The lowest BCUT2D eigenvalue weighted by atomic mass is 9.98. The van der Waals surface area contributed by atoms with Crippen LogP contribution < -0.4 is 0 Å². The maximum absolute atomic E-state index is 4.15. The molecule has 0 radical (unpaired) electrons. The van der Waals surface area contributed by atoms with Gasteiger partial charge in [-0.25, -0.2) is 0 Å². The van der Waals surface area contributed by atoms with Gasteiger partial charge in [0.1, 0.15) is 0 Å². The van der Waals surface area contributed by atoms with E-state index >= 15 is 0 Å². The monoisotopic (exact) mass is 196 g/mol. The van der Waals surface area contributed by atoms with Gasteiger partial charge < -0.3 is 0 Å². The van der Waals surface area contributed by atoms with Crippen LogP contribution in [-0.2, 0) is 0 Å². The summed E-state index contributed by atoms with van der Waals surface area (Å²) in [5, 5.41) is 0. The molecule has 84 valence electrons. The lowest BCUT2D eigenvalue weighted by molar-refractivity contribution is 0.532. The highest BCUT2D eigenvalue weighted by molar-refractivity contribution is 4.93. The van der Waals surface area contributed by atoms with E-state index in [1.165, 1.54) is 44.1 Å². The fourth-order valence-electron chi connectivity index (χ4n) is 1.65. The molecule has 0 saturated carbocycles. The second-order valence-electron chi connectivity index (χ2n) is 5.32. The minimum Gasteiger partial charge on any atom is -0.0999 e. The van der Waals surface area contributed by atoms with E-state index in [9.17, 15) is 0 Å². The molecule has 0 heteroatoms. The summed E-state index contributed by atoms with van der Waals surface area (Å²) in [6, 6.07) is 0. The van der Waals surface area contributed by atoms with Crippen molar-refractivity contribution < 1.29 is 0 Å². The van der Waals surface area contributed by atoms with Gasteiger partial charge in [-0.05, 0) is 37.5 Å². The summed E-state index contributed by atoms with van der Waals surface area (Å²) in [7, 11) is 0. The van der Waals surface area contributed by atoms with Gasteiger partial charge >= 0.3 is 0 Å². The van der Waals surface area contributed by atoms with E-state index in [1.807, 2.05) is 0 Å². The quantitative estimate of drug-likeness (QED) is 0.468. The zero-order valence-corrected chi connectivity index (χ0v) is 10.6. The first kappa shape index (κ1) is 13.7. The molecule has 0 saturated heterocycles. The highest BCUT2D eigenvalue weighted by atomic mass is 14.1. The largest absolute Gasteiger partial charge is 0.0999 e. The normalized spacial score (nSPS) is 11.3. The molecule has 0 aliphatic rings. The van der Waals surface area contributed by atoms with E-state index < -0.39 is 0 Å². The molecule has 0 aliphatic carbocycles. The molecule has 0 nitrogen and oxygen atoms in total. The van der Waals surface area contributed by atoms with Crippen LogP contribution in [0.3, 0.4) is 0 Å². The van der Waals surface area contributed by atoms with Crippen LogP contribution in [0.5, 0.6) is 0 Å². The molecule has 0 N–H and O–H groups in total. The van der Waals surface area contributed by atoms with Gasteiger partial charge in [0.15, 0.2) is 0 Å². The zero-order valence-electron chi connectivity index (χ0n) is 10.6. The van der Waals surface area contributed by atoms with Gasteiger partial charge in [-0.2, -0.15) is 0 Å². The Hall–Kier alpha value is -0.260. The lowest BCUT2D eigenvalue weighted by Crippen LogP contribution is -1.91. The first-order valence-electron chi connectivity index (χ1n) is 6.19. The Bertz CT molecular complexity index is 126. The fourth-order valence-corrected chi connectivity index (χ4v) is 1.65. The Morgan fingerprint density at radius 2 is 1.21 bits per heavy atom. The molecule has 0 aromatic carbocycles. The maximum atomic E-state index is 4.15. The average molecular weight is 196 g/mol. The number of allylic oxidation sites excluding steroid dienone is 1. The van der Waals surface area contributed by atoms with Crippen molar-refractivity contribution in [2.75, 3.05) is 0 Å². The van der Waals surface area contributed by atoms with Gasteiger partial charge in [-0.1, -0.05) is 52.7 Å². The first-order valence-corrected chi connectivity index (χ1v) is 6.19. The SMILES string of the molecule is C=C(CCCC(C)C)CCCC(C)C. The van der Waals surface area contributed by atoms with E-state index in [0.29, 0.717) is 0 Å². The molecule has 0 spiro atoms. The summed E-state index contributed by atoms with van der Waals surface area (Å²) >= 11 is 0. The van der Waals surface area contributed by atoms with Gasteiger partial charge in [0.25, 0.3) is 0 Å². The molecule has 0 rings (SSSR count). The molecular weight excluding hydrogens is 168 g/mol. The molecular formula is C14H28. The van der Waals surface area contributed by atoms with Crippen LogP contribution in [0.2, 0.25) is 0 Å². The third-order valence-electron chi connectivity index (χ3n) is 2.62. The van der Waals surface area contributed by atoms with Crippen molar-refractivity contribution in [3.63, 3.8) is 0 Å². The Morgan fingerprint density at radius 3 is 1.50 bits per heavy atom. The third kappa shape index (κ3) is 9.83. The highest BCUT2D eigenvalue weighted by Gasteiger charge is 1.99. The second-order valence-corrected chi connectivity index (χ2v) is 5.32. The van der Waals surface area contributed by atoms with Crippen molar-refractivity contribution in [2.45, 2.75) is 66.2 Å². The van der Waals surface area contributed by atoms with Crippen LogP contribution in [0.1, 0.15) is 66.2 Å². The van der Waals surface area contributed by atoms with Crippen LogP contribution in [0, 0.1) is 11.8 Å². The van der Waals surface area contributed by atoms with Crippen LogP contribution >= 0.6 is 0 Å². The number of hydrogen-bond acceptors (Lipinski definition) is 0. The molecule has 14 heavy (non-hydrogen) atoms. The zero-order chi connectivity index (χ0) is 11.0. The predicted octanol–water partition coefficient (Wildman–Crippen LogP) is 5.20. The summed E-state index contributed by atoms with van der Waals surface area (Å²) in [4.78, 5) is 0. The number of rotatable bonds is 8. The molecule has 0 aromatic heterocycles. The summed E-state index contributed by atoms with van der Waals surface area (Å²) in [5.74, 6) is 1.69. The summed E-state index contributed by atoms with van der Waals surface area (Å²) in [6.45, 7) is 13.3. The van der Waals surface area contributed by atoms with Crippen molar-refractivity contribution >= 4 is 0 Å². The van der Waals surface area contributed by atoms with E-state index in [-0.39, 0.29) is 0 Å². The lowest BCUT2D eigenvalue weighted by Gasteiger charge is -2.08. The van der Waals surface area contributed by atoms with Crippen LogP contribution in [0.15, 0.2) is 12.2 Å². The molecule has 0 bridgehead atoms. The average Bonchev–Trinajstić information content (AvgIpc) is 2.02. The summed E-state index contributed by atoms with van der Waals surface area (Å²) in [6.07, 6.45) is 7.86. The van der Waals surface area contributed by atoms with E-state index in [0.717, 1.165) is 11.8 Å². The Balaban J connectivity index is 3.28. The highest BCUT2D eigenvalue weighted by Crippen LogP contribution is 2.17. The molecule has 0 aromatic rings. The molecule has 0 atom stereocenters. The molecule has 0 aliphatic heterocycles. The Labute approximate surface area is 90.8 Å². The molecule has 0 heterocycles. The summed E-state index contributed by atoms with van der Waals surface area (Å²) < 4.78 is 0. The minimum absolute atomic E-state index is 0.846. The van der Waals surface area contributed by atoms with Crippen LogP contribution in [-0.4, -0.2) is 0 Å². The van der Waals surface area contributed by atoms with Crippen molar-refractivity contribution in [3.05, 3.63) is 12.2 Å². The minimum atomic E-state index is 0.846. The van der Waals surface area contributed by atoms with Gasteiger partial charge in [-0.3, -0.25) is 0 Å². The van der Waals surface area contributed by atoms with Gasteiger partial charge in [0.2, 0.25) is 0 Å². The fraction of sp³-hybridized carbons (Fsp3) is 0.857. The van der Waals surface area contributed by atoms with Crippen molar-refractivity contribution in [1.82, 2.24) is 0 Å². The Kier molecular flexibility index (Phi) is 7.93. The van der Waals surface area contributed by atoms with Crippen molar-refractivity contribution in [1.29, 1.82) is 0 Å². The van der Waals surface area contributed by atoms with Crippen LogP contribution in [0.4, 0.5) is 0 Å². The molecule has 0 amide bonds. The standard InChI is InChI=1S/C14H28/c1-12(2)8-6-10-14(5)11-7-9-13(3)4/h12-13H,5-11H2,1-4H3. The van der Waals surface area contributed by atoms with Crippen molar-refractivity contribution in [3.8, 4) is 0 Å². The van der Waals surface area contributed by atoms with Gasteiger partial charge in [-0.15, -0.1) is 0 Å². The first-order chi connectivity index (χ1) is 6.52. The number of hydrogen-bond donors (Lipinski definition) is 0. The smallest absolute Gasteiger partial charge is 0.0323 e. The second kappa shape index (κ2) is 8.08. The van der Waals surface area contributed by atoms with Crippen molar-refractivity contribution in [2.24, 2.45) is 11.8 Å². The van der Waals surface area contributed by atoms with E-state index in [2.05, 4.69) is 34.3 Å². The Morgan fingerprint density at radius 1 is 0.857 bits per heavy atom. The van der Waals surface area contributed by atoms with Crippen LogP contribution in [0.25, 0.3) is 0 Å². The third-order valence-corrected chi connectivity index (χ3v) is 2.62. The summed E-state index contributed by atoms with van der Waals surface area (Å²) in [5.41, 5.74) is 1.46. The van der Waals surface area contributed by atoms with Gasteiger partial charge in [0.05, 0.1) is 0 Å². The van der Waals surface area contributed by atoms with Gasteiger partial charge in [0, 0.05) is 0 Å². The maximum Gasteiger partial charge on any atom is -0.0323 e. The topological polar surface area (TPSA) is 0 Å².